The highest BCUT2D eigenvalue weighted by atomic mass is 19.4. The van der Waals surface area contributed by atoms with Crippen LogP contribution in [0.15, 0.2) is 41.0 Å². The Balaban J connectivity index is 1.73. The average molecular weight is 403 g/mol. The van der Waals surface area contributed by atoms with Crippen molar-refractivity contribution in [2.75, 3.05) is 6.54 Å². The van der Waals surface area contributed by atoms with Crippen LogP contribution in [-0.4, -0.2) is 22.2 Å². The molecular weight excluding hydrogens is 383 g/mol. The van der Waals surface area contributed by atoms with Crippen LogP contribution in [0.25, 0.3) is 16.9 Å². The van der Waals surface area contributed by atoms with Gasteiger partial charge in [0.15, 0.2) is 5.69 Å². The Morgan fingerprint density at radius 2 is 1.97 bits per heavy atom. The van der Waals surface area contributed by atoms with E-state index in [0.29, 0.717) is 41.2 Å². The minimum absolute atomic E-state index is 0.174. The third kappa shape index (κ3) is 3.54. The Bertz CT molecular complexity index is 1030. The van der Waals surface area contributed by atoms with Gasteiger partial charge in [-0.15, -0.1) is 0 Å². The monoisotopic (exact) mass is 403 g/mol. The Morgan fingerprint density at radius 3 is 2.66 bits per heavy atom. The van der Waals surface area contributed by atoms with E-state index in [4.69, 9.17) is 4.42 Å². The van der Waals surface area contributed by atoms with E-state index in [1.54, 1.807) is 30.3 Å². The molecule has 1 aromatic carbocycles. The van der Waals surface area contributed by atoms with Gasteiger partial charge in [0.25, 0.3) is 5.91 Å². The van der Waals surface area contributed by atoms with Crippen molar-refractivity contribution in [1.29, 1.82) is 0 Å². The molecule has 0 bridgehead atoms. The van der Waals surface area contributed by atoms with Gasteiger partial charge in [-0.3, -0.25) is 4.79 Å². The number of unbranched alkanes of at least 4 members (excludes halogenated alkanes) is 1. The van der Waals surface area contributed by atoms with Gasteiger partial charge in [0, 0.05) is 29.7 Å². The summed E-state index contributed by atoms with van der Waals surface area (Å²) in [6.45, 7) is 2.62. The molecule has 3 aromatic rings. The molecular formula is C21H20F3N3O2. The van der Waals surface area contributed by atoms with Gasteiger partial charge in [0.1, 0.15) is 5.76 Å². The number of carbonyl (C=O) groups is 1. The van der Waals surface area contributed by atoms with Crippen molar-refractivity contribution in [1.82, 2.24) is 15.1 Å². The molecule has 4 rings (SSSR count). The van der Waals surface area contributed by atoms with Crippen LogP contribution < -0.4 is 5.32 Å². The molecule has 1 amide bonds. The summed E-state index contributed by atoms with van der Waals surface area (Å²) < 4.78 is 47.4. The van der Waals surface area contributed by atoms with Crippen LogP contribution >= 0.6 is 0 Å². The molecule has 0 atom stereocenters. The van der Waals surface area contributed by atoms with Crippen molar-refractivity contribution < 1.29 is 22.4 Å². The van der Waals surface area contributed by atoms with E-state index in [-0.39, 0.29) is 17.9 Å². The zero-order chi connectivity index (χ0) is 20.6. The molecule has 29 heavy (non-hydrogen) atoms. The standard InChI is InChI=1S/C21H20F3N3O2/c1-2-3-11-25-20(28)13-4-6-14(7-5-13)27-18-15-10-12-29-17(15)9-8-16(18)19(26-27)21(22,23)24/h4-7,10,12H,2-3,8-9,11H2,1H3,(H,25,28). The predicted molar refractivity (Wildman–Crippen MR) is 101 cm³/mol. The molecule has 8 heteroatoms. The second-order valence-corrected chi connectivity index (χ2v) is 7.00. The second-order valence-electron chi connectivity index (χ2n) is 7.00. The molecule has 0 unspecified atom stereocenters. The molecule has 0 spiro atoms. The van der Waals surface area contributed by atoms with Gasteiger partial charge in [0.05, 0.1) is 17.6 Å². The third-order valence-corrected chi connectivity index (χ3v) is 5.04. The van der Waals surface area contributed by atoms with Crippen LogP contribution in [0.4, 0.5) is 13.2 Å². The molecule has 0 saturated carbocycles. The van der Waals surface area contributed by atoms with Crippen molar-refractivity contribution in [3.63, 3.8) is 0 Å². The lowest BCUT2D eigenvalue weighted by molar-refractivity contribution is -0.142. The summed E-state index contributed by atoms with van der Waals surface area (Å²) >= 11 is 0. The maximum Gasteiger partial charge on any atom is 0.435 e. The van der Waals surface area contributed by atoms with E-state index in [0.717, 1.165) is 12.8 Å². The van der Waals surface area contributed by atoms with Crippen molar-refractivity contribution in [3.8, 4) is 16.9 Å². The van der Waals surface area contributed by atoms with Crippen LogP contribution in [0, 0.1) is 0 Å². The van der Waals surface area contributed by atoms with Crippen LogP contribution in [0.5, 0.6) is 0 Å². The fourth-order valence-corrected chi connectivity index (χ4v) is 3.60. The lowest BCUT2D eigenvalue weighted by Crippen LogP contribution is -2.24. The molecule has 0 fully saturated rings. The first-order chi connectivity index (χ1) is 13.9. The van der Waals surface area contributed by atoms with Crippen molar-refractivity contribution in [3.05, 3.63) is 59.2 Å². The van der Waals surface area contributed by atoms with E-state index >= 15 is 0 Å². The number of amides is 1. The minimum Gasteiger partial charge on any atom is -0.469 e. The van der Waals surface area contributed by atoms with E-state index in [9.17, 15) is 18.0 Å². The topological polar surface area (TPSA) is 60.1 Å². The quantitative estimate of drug-likeness (QED) is 0.624. The summed E-state index contributed by atoms with van der Waals surface area (Å²) in [4.78, 5) is 12.2. The number of hydrogen-bond acceptors (Lipinski definition) is 3. The average Bonchev–Trinajstić information content (AvgIpc) is 3.32. The fourth-order valence-electron chi connectivity index (χ4n) is 3.60. The van der Waals surface area contributed by atoms with Crippen LogP contribution in [0.2, 0.25) is 0 Å². The normalized spacial score (nSPS) is 13.1. The zero-order valence-corrected chi connectivity index (χ0v) is 15.8. The summed E-state index contributed by atoms with van der Waals surface area (Å²) in [6, 6.07) is 8.07. The van der Waals surface area contributed by atoms with E-state index in [2.05, 4.69) is 10.4 Å². The Hall–Kier alpha value is -3.03. The zero-order valence-electron chi connectivity index (χ0n) is 15.8. The van der Waals surface area contributed by atoms with E-state index in [1.807, 2.05) is 6.92 Å². The first kappa shape index (κ1) is 19.3. The van der Waals surface area contributed by atoms with Gasteiger partial charge in [-0.2, -0.15) is 18.3 Å². The minimum atomic E-state index is -4.55. The van der Waals surface area contributed by atoms with Gasteiger partial charge in [0.2, 0.25) is 0 Å². The first-order valence-electron chi connectivity index (χ1n) is 9.54. The lowest BCUT2D eigenvalue weighted by atomic mass is 9.94. The Labute approximate surface area is 165 Å². The van der Waals surface area contributed by atoms with Crippen molar-refractivity contribution >= 4 is 5.91 Å². The van der Waals surface area contributed by atoms with Crippen LogP contribution in [0.1, 0.15) is 47.1 Å². The highest BCUT2D eigenvalue weighted by molar-refractivity contribution is 5.94. The number of hydrogen-bond donors (Lipinski definition) is 1. The largest absolute Gasteiger partial charge is 0.469 e. The molecule has 1 N–H and O–H groups in total. The number of furan rings is 1. The molecule has 0 aliphatic heterocycles. The van der Waals surface area contributed by atoms with Crippen LogP contribution in [-0.2, 0) is 19.0 Å². The molecule has 0 saturated heterocycles. The fraction of sp³-hybridized carbons (Fsp3) is 0.333. The number of fused-ring (bicyclic) bond motifs is 3. The number of carbonyl (C=O) groups excluding carboxylic acids is 1. The van der Waals surface area contributed by atoms with Gasteiger partial charge >= 0.3 is 6.18 Å². The van der Waals surface area contributed by atoms with Gasteiger partial charge in [-0.1, -0.05) is 13.3 Å². The molecule has 0 radical (unpaired) electrons. The van der Waals surface area contributed by atoms with Crippen molar-refractivity contribution in [2.45, 2.75) is 38.8 Å². The molecule has 5 nitrogen and oxygen atoms in total. The number of rotatable bonds is 5. The molecule has 152 valence electrons. The number of aromatic nitrogens is 2. The number of halogens is 3. The van der Waals surface area contributed by atoms with Gasteiger partial charge in [-0.25, -0.2) is 4.68 Å². The summed E-state index contributed by atoms with van der Waals surface area (Å²) in [5, 5.41) is 6.72. The maximum atomic E-state index is 13.6. The summed E-state index contributed by atoms with van der Waals surface area (Å²) in [5.41, 5.74) is 1.22. The van der Waals surface area contributed by atoms with Gasteiger partial charge < -0.3 is 9.73 Å². The van der Waals surface area contributed by atoms with Crippen molar-refractivity contribution in [2.24, 2.45) is 0 Å². The summed E-state index contributed by atoms with van der Waals surface area (Å²) in [6.07, 6.45) is -0.592. The smallest absolute Gasteiger partial charge is 0.435 e. The second kappa shape index (κ2) is 7.42. The lowest BCUT2D eigenvalue weighted by Gasteiger charge is -2.15. The number of nitrogens with one attached hydrogen (secondary N) is 1. The highest BCUT2D eigenvalue weighted by Gasteiger charge is 2.41. The molecule has 2 heterocycles. The Kier molecular flexibility index (Phi) is 4.94. The number of nitrogens with zero attached hydrogens (tertiary/aromatic N) is 2. The number of aryl methyl sites for hydroxylation is 1. The first-order valence-corrected chi connectivity index (χ1v) is 9.54. The predicted octanol–water partition coefficient (Wildman–Crippen LogP) is 4.78. The molecule has 1 aliphatic rings. The van der Waals surface area contributed by atoms with Gasteiger partial charge in [-0.05, 0) is 43.2 Å². The number of benzene rings is 1. The van der Waals surface area contributed by atoms with E-state index < -0.39 is 11.9 Å². The van der Waals surface area contributed by atoms with Crippen LogP contribution in [0.3, 0.4) is 0 Å². The third-order valence-electron chi connectivity index (χ3n) is 5.04. The summed E-state index contributed by atoms with van der Waals surface area (Å²) in [7, 11) is 0. The Morgan fingerprint density at radius 1 is 1.21 bits per heavy atom. The molecule has 2 aromatic heterocycles. The molecule has 1 aliphatic carbocycles. The number of alkyl halides is 3. The van der Waals surface area contributed by atoms with E-state index in [1.165, 1.54) is 10.9 Å². The summed E-state index contributed by atoms with van der Waals surface area (Å²) in [5.74, 6) is 0.444. The highest BCUT2D eigenvalue weighted by Crippen LogP contribution is 2.42. The maximum absolute atomic E-state index is 13.6. The SMILES string of the molecule is CCCCNC(=O)c1ccc(-n2nc(C(F)(F)F)c3c2-c2ccoc2CC3)cc1.